The standard InChI is InChI=1S/C22H25N3O3S/c1-17-9-10-21(19-7-5-11-23-22(17)19)29(26,27)24(2)16-18-6-3-4-8-20(18)25-12-14-28-15-13-25/h3-11H,12-16H2,1-2H3. The number of aromatic nitrogens is 1. The molecule has 0 spiro atoms. The zero-order valence-corrected chi connectivity index (χ0v) is 17.5. The van der Waals surface area contributed by atoms with Crippen molar-refractivity contribution in [3.63, 3.8) is 0 Å². The molecule has 2 heterocycles. The lowest BCUT2D eigenvalue weighted by molar-refractivity contribution is 0.122. The van der Waals surface area contributed by atoms with E-state index in [2.05, 4.69) is 9.88 Å². The molecule has 6 nitrogen and oxygen atoms in total. The van der Waals surface area contributed by atoms with E-state index in [9.17, 15) is 8.42 Å². The van der Waals surface area contributed by atoms with Crippen molar-refractivity contribution in [3.05, 3.63) is 65.9 Å². The SMILES string of the molecule is Cc1ccc(S(=O)(=O)N(C)Cc2ccccc2N2CCOCC2)c2cccnc12. The lowest BCUT2D eigenvalue weighted by atomic mass is 10.1. The number of pyridine rings is 1. The number of anilines is 1. The van der Waals surface area contributed by atoms with Crippen LogP contribution >= 0.6 is 0 Å². The molecule has 152 valence electrons. The van der Waals surface area contributed by atoms with Crippen molar-refractivity contribution in [2.24, 2.45) is 0 Å². The summed E-state index contributed by atoms with van der Waals surface area (Å²) in [6, 6.07) is 15.1. The first-order valence-electron chi connectivity index (χ1n) is 9.70. The third kappa shape index (κ3) is 3.85. The van der Waals surface area contributed by atoms with Crippen molar-refractivity contribution in [3.8, 4) is 0 Å². The fraction of sp³-hybridized carbons (Fsp3) is 0.318. The van der Waals surface area contributed by atoms with Gasteiger partial charge in [-0.05, 0) is 42.3 Å². The molecular formula is C22H25N3O3S. The first-order chi connectivity index (χ1) is 14.0. The highest BCUT2D eigenvalue weighted by Gasteiger charge is 2.25. The first kappa shape index (κ1) is 19.8. The number of aryl methyl sites for hydroxylation is 1. The molecule has 0 aliphatic carbocycles. The molecule has 1 fully saturated rings. The number of hydrogen-bond acceptors (Lipinski definition) is 5. The van der Waals surface area contributed by atoms with Crippen LogP contribution in [0, 0.1) is 6.92 Å². The number of morpholine rings is 1. The molecule has 1 aliphatic heterocycles. The van der Waals surface area contributed by atoms with E-state index < -0.39 is 10.0 Å². The molecule has 1 aliphatic rings. The second-order valence-electron chi connectivity index (χ2n) is 7.27. The van der Waals surface area contributed by atoms with E-state index >= 15 is 0 Å². The van der Waals surface area contributed by atoms with E-state index in [4.69, 9.17) is 4.74 Å². The summed E-state index contributed by atoms with van der Waals surface area (Å²) in [5, 5.41) is 0.654. The Morgan fingerprint density at radius 3 is 2.62 bits per heavy atom. The van der Waals surface area contributed by atoms with Gasteiger partial charge in [-0.25, -0.2) is 8.42 Å². The summed E-state index contributed by atoms with van der Waals surface area (Å²) >= 11 is 0. The Kier molecular flexibility index (Phi) is 5.54. The molecule has 4 rings (SSSR count). The Labute approximate surface area is 171 Å². The maximum absolute atomic E-state index is 13.4. The Balaban J connectivity index is 1.68. The first-order valence-corrected chi connectivity index (χ1v) is 11.1. The molecule has 1 aromatic heterocycles. The van der Waals surface area contributed by atoms with Gasteiger partial charge in [0.05, 0.1) is 23.6 Å². The average molecular weight is 412 g/mol. The Morgan fingerprint density at radius 1 is 1.07 bits per heavy atom. The minimum absolute atomic E-state index is 0.289. The molecular weight excluding hydrogens is 386 g/mol. The van der Waals surface area contributed by atoms with Gasteiger partial charge in [0.15, 0.2) is 0 Å². The summed E-state index contributed by atoms with van der Waals surface area (Å²) in [6.07, 6.45) is 1.69. The second kappa shape index (κ2) is 8.10. The molecule has 0 amide bonds. The van der Waals surface area contributed by atoms with Gasteiger partial charge in [-0.1, -0.05) is 24.3 Å². The van der Waals surface area contributed by atoms with Crippen LogP contribution in [0.25, 0.3) is 10.9 Å². The minimum Gasteiger partial charge on any atom is -0.378 e. The summed E-state index contributed by atoms with van der Waals surface area (Å²) in [7, 11) is -2.05. The van der Waals surface area contributed by atoms with Crippen LogP contribution in [0.2, 0.25) is 0 Å². The summed E-state index contributed by atoms with van der Waals surface area (Å²) in [6.45, 7) is 5.22. The van der Waals surface area contributed by atoms with E-state index in [0.717, 1.165) is 35.4 Å². The van der Waals surface area contributed by atoms with Crippen molar-refractivity contribution in [1.82, 2.24) is 9.29 Å². The van der Waals surface area contributed by atoms with Crippen LogP contribution in [0.5, 0.6) is 0 Å². The predicted molar refractivity (Wildman–Crippen MR) is 115 cm³/mol. The highest BCUT2D eigenvalue weighted by molar-refractivity contribution is 7.89. The Morgan fingerprint density at radius 2 is 1.83 bits per heavy atom. The van der Waals surface area contributed by atoms with Gasteiger partial charge in [-0.2, -0.15) is 4.31 Å². The maximum Gasteiger partial charge on any atom is 0.243 e. The van der Waals surface area contributed by atoms with Crippen LogP contribution in [0.1, 0.15) is 11.1 Å². The van der Waals surface area contributed by atoms with Gasteiger partial charge in [0.25, 0.3) is 0 Å². The van der Waals surface area contributed by atoms with Crippen LogP contribution in [0.3, 0.4) is 0 Å². The number of para-hydroxylation sites is 1. The number of benzene rings is 2. The molecule has 0 saturated carbocycles. The van der Waals surface area contributed by atoms with Gasteiger partial charge in [0.2, 0.25) is 10.0 Å². The van der Waals surface area contributed by atoms with E-state index in [1.54, 1.807) is 25.4 Å². The highest BCUT2D eigenvalue weighted by Crippen LogP contribution is 2.29. The quantitative estimate of drug-likeness (QED) is 0.645. The highest BCUT2D eigenvalue weighted by atomic mass is 32.2. The summed E-state index contributed by atoms with van der Waals surface area (Å²) < 4.78 is 33.7. The van der Waals surface area contributed by atoms with Gasteiger partial charge < -0.3 is 9.64 Å². The third-order valence-corrected chi connectivity index (χ3v) is 7.22. The molecule has 0 atom stereocenters. The van der Waals surface area contributed by atoms with Gasteiger partial charge in [0, 0.05) is 44.0 Å². The topological polar surface area (TPSA) is 62.7 Å². The zero-order valence-electron chi connectivity index (χ0n) is 16.7. The minimum atomic E-state index is -3.68. The van der Waals surface area contributed by atoms with E-state index in [1.165, 1.54) is 4.31 Å². The van der Waals surface area contributed by atoms with Crippen LogP contribution < -0.4 is 4.90 Å². The average Bonchev–Trinajstić information content (AvgIpc) is 2.75. The van der Waals surface area contributed by atoms with Gasteiger partial charge >= 0.3 is 0 Å². The van der Waals surface area contributed by atoms with Crippen LogP contribution in [-0.2, 0) is 21.3 Å². The van der Waals surface area contributed by atoms with Gasteiger partial charge in [-0.15, -0.1) is 0 Å². The number of hydrogen-bond donors (Lipinski definition) is 0. The smallest absolute Gasteiger partial charge is 0.243 e. The summed E-state index contributed by atoms with van der Waals surface area (Å²) in [4.78, 5) is 6.92. The molecule has 0 unspecified atom stereocenters. The van der Waals surface area contributed by atoms with Crippen molar-refractivity contribution in [1.29, 1.82) is 0 Å². The largest absolute Gasteiger partial charge is 0.378 e. The van der Waals surface area contributed by atoms with Crippen LogP contribution in [0.15, 0.2) is 59.6 Å². The molecule has 0 bridgehead atoms. The number of ether oxygens (including phenoxy) is 1. The van der Waals surface area contributed by atoms with E-state index in [0.29, 0.717) is 25.1 Å². The monoisotopic (exact) mass is 411 g/mol. The van der Waals surface area contributed by atoms with Crippen LogP contribution in [0.4, 0.5) is 5.69 Å². The molecule has 0 N–H and O–H groups in total. The Hall–Kier alpha value is -2.48. The van der Waals surface area contributed by atoms with E-state index in [1.807, 2.05) is 43.3 Å². The van der Waals surface area contributed by atoms with Gasteiger partial charge in [-0.3, -0.25) is 4.98 Å². The number of rotatable bonds is 5. The van der Waals surface area contributed by atoms with Crippen molar-refractivity contribution in [2.45, 2.75) is 18.4 Å². The van der Waals surface area contributed by atoms with Crippen LogP contribution in [-0.4, -0.2) is 51.1 Å². The van der Waals surface area contributed by atoms with E-state index in [-0.39, 0.29) is 4.90 Å². The molecule has 2 aromatic carbocycles. The maximum atomic E-state index is 13.4. The number of nitrogens with zero attached hydrogens (tertiary/aromatic N) is 3. The zero-order chi connectivity index (χ0) is 20.4. The Bertz CT molecular complexity index is 1130. The molecule has 7 heteroatoms. The fourth-order valence-corrected chi connectivity index (χ4v) is 5.09. The molecule has 0 radical (unpaired) electrons. The van der Waals surface area contributed by atoms with Crippen molar-refractivity contribution in [2.75, 3.05) is 38.3 Å². The lowest BCUT2D eigenvalue weighted by Crippen LogP contribution is -2.37. The lowest BCUT2D eigenvalue weighted by Gasteiger charge is -2.31. The fourth-order valence-electron chi connectivity index (χ4n) is 3.76. The molecule has 1 saturated heterocycles. The summed E-state index contributed by atoms with van der Waals surface area (Å²) in [5.41, 5.74) is 3.72. The summed E-state index contributed by atoms with van der Waals surface area (Å²) in [5.74, 6) is 0. The van der Waals surface area contributed by atoms with Gasteiger partial charge in [0.1, 0.15) is 0 Å². The second-order valence-corrected chi connectivity index (χ2v) is 9.28. The number of sulfonamides is 1. The molecule has 3 aromatic rings. The normalized spacial score (nSPS) is 15.2. The third-order valence-electron chi connectivity index (χ3n) is 5.36. The van der Waals surface area contributed by atoms with Crippen molar-refractivity contribution < 1.29 is 13.2 Å². The molecule has 29 heavy (non-hydrogen) atoms. The number of fused-ring (bicyclic) bond motifs is 1. The van der Waals surface area contributed by atoms with Crippen molar-refractivity contribution >= 4 is 26.6 Å². The predicted octanol–water partition coefficient (Wildman–Crippen LogP) is 3.20.